The zero-order valence-corrected chi connectivity index (χ0v) is 10.2. The normalized spacial score (nSPS) is 9.78. The van der Waals surface area contributed by atoms with Crippen LogP contribution in [0.1, 0.15) is 5.56 Å². The summed E-state index contributed by atoms with van der Waals surface area (Å²) in [7, 11) is 0. The molecule has 0 aliphatic rings. The average molecular weight is 240 g/mol. The van der Waals surface area contributed by atoms with Gasteiger partial charge in [-0.1, -0.05) is 30.9 Å². The lowest BCUT2D eigenvalue weighted by Crippen LogP contribution is -2.03. The van der Waals surface area contributed by atoms with Crippen LogP contribution in [0.2, 0.25) is 0 Å². The second-order valence-corrected chi connectivity index (χ2v) is 3.80. The molecule has 0 saturated heterocycles. The van der Waals surface area contributed by atoms with E-state index in [1.807, 2.05) is 36.4 Å². The van der Waals surface area contributed by atoms with Crippen LogP contribution in [0, 0.1) is 0 Å². The summed E-state index contributed by atoms with van der Waals surface area (Å²) in [5.74, 6) is 0.883. The molecule has 0 radical (unpaired) electrons. The van der Waals surface area contributed by atoms with Gasteiger partial charge in [0, 0.05) is 24.5 Å². The zero-order chi connectivity index (χ0) is 12.6. The molecule has 1 aromatic carbocycles. The Kier molecular flexibility index (Phi) is 4.36. The van der Waals surface area contributed by atoms with Gasteiger partial charge in [0.05, 0.1) is 5.69 Å². The van der Waals surface area contributed by atoms with Crippen molar-refractivity contribution in [2.24, 2.45) is 0 Å². The quantitative estimate of drug-likeness (QED) is 0.787. The third-order valence-corrected chi connectivity index (χ3v) is 2.47. The van der Waals surface area contributed by atoms with Crippen molar-refractivity contribution >= 4 is 5.69 Å². The Morgan fingerprint density at radius 1 is 1.22 bits per heavy atom. The highest BCUT2D eigenvalue weighted by Gasteiger charge is 2.01. The van der Waals surface area contributed by atoms with Gasteiger partial charge in [0.25, 0.3) is 0 Å². The first kappa shape index (κ1) is 12.2. The van der Waals surface area contributed by atoms with Gasteiger partial charge in [0.15, 0.2) is 0 Å². The number of benzene rings is 1. The molecule has 3 heteroatoms. The predicted octanol–water partition coefficient (Wildman–Crippen LogP) is 3.26. The Hall–Kier alpha value is -2.29. The number of ether oxygens (including phenoxy) is 1. The molecule has 18 heavy (non-hydrogen) atoms. The lowest BCUT2D eigenvalue weighted by atomic mass is 10.2. The van der Waals surface area contributed by atoms with E-state index >= 15 is 0 Å². The number of nitrogens with one attached hydrogen (secondary N) is 1. The molecule has 0 amide bonds. The van der Waals surface area contributed by atoms with E-state index < -0.39 is 0 Å². The first-order valence-corrected chi connectivity index (χ1v) is 5.85. The van der Waals surface area contributed by atoms with Gasteiger partial charge in [0.1, 0.15) is 12.4 Å². The van der Waals surface area contributed by atoms with Gasteiger partial charge in [-0.25, -0.2) is 0 Å². The second kappa shape index (κ2) is 6.45. The number of rotatable bonds is 6. The fourth-order valence-corrected chi connectivity index (χ4v) is 1.60. The van der Waals surface area contributed by atoms with Crippen molar-refractivity contribution in [3.8, 4) is 5.75 Å². The Morgan fingerprint density at radius 2 is 2.11 bits per heavy atom. The standard InChI is InChI=1S/C15H16N2O/c1-2-10-18-15-8-4-3-6-13(15)11-17-14-7-5-9-16-12-14/h2-9,12,17H,1,10-11H2. The van der Waals surface area contributed by atoms with Crippen molar-refractivity contribution in [3.05, 3.63) is 67.0 Å². The third-order valence-electron chi connectivity index (χ3n) is 2.47. The molecule has 0 unspecified atom stereocenters. The smallest absolute Gasteiger partial charge is 0.124 e. The van der Waals surface area contributed by atoms with Crippen molar-refractivity contribution in [1.82, 2.24) is 4.98 Å². The van der Waals surface area contributed by atoms with Gasteiger partial charge < -0.3 is 10.1 Å². The van der Waals surface area contributed by atoms with Crippen molar-refractivity contribution in [1.29, 1.82) is 0 Å². The van der Waals surface area contributed by atoms with Crippen molar-refractivity contribution < 1.29 is 4.74 Å². The van der Waals surface area contributed by atoms with Gasteiger partial charge >= 0.3 is 0 Å². The van der Waals surface area contributed by atoms with Crippen molar-refractivity contribution in [3.63, 3.8) is 0 Å². The lowest BCUT2D eigenvalue weighted by Gasteiger charge is -2.11. The van der Waals surface area contributed by atoms with Gasteiger partial charge in [-0.15, -0.1) is 0 Å². The highest BCUT2D eigenvalue weighted by molar-refractivity contribution is 5.43. The molecular weight excluding hydrogens is 224 g/mol. The van der Waals surface area contributed by atoms with E-state index in [0.29, 0.717) is 13.2 Å². The molecule has 0 spiro atoms. The first-order chi connectivity index (χ1) is 8.90. The molecule has 1 aromatic heterocycles. The van der Waals surface area contributed by atoms with E-state index in [1.165, 1.54) is 0 Å². The Balaban J connectivity index is 2.02. The SMILES string of the molecule is C=CCOc1ccccc1CNc1cccnc1. The van der Waals surface area contributed by atoms with E-state index in [9.17, 15) is 0 Å². The van der Waals surface area contributed by atoms with Crippen LogP contribution in [0.4, 0.5) is 5.69 Å². The van der Waals surface area contributed by atoms with E-state index in [-0.39, 0.29) is 0 Å². The average Bonchev–Trinajstić information content (AvgIpc) is 2.45. The number of aromatic nitrogens is 1. The molecule has 0 bridgehead atoms. The summed E-state index contributed by atoms with van der Waals surface area (Å²) >= 11 is 0. The van der Waals surface area contributed by atoms with E-state index in [0.717, 1.165) is 17.0 Å². The monoisotopic (exact) mass is 240 g/mol. The molecule has 1 heterocycles. The highest BCUT2D eigenvalue weighted by atomic mass is 16.5. The van der Waals surface area contributed by atoms with Gasteiger partial charge in [-0.05, 0) is 18.2 Å². The van der Waals surface area contributed by atoms with E-state index in [1.54, 1.807) is 18.5 Å². The van der Waals surface area contributed by atoms with Crippen LogP contribution in [-0.4, -0.2) is 11.6 Å². The molecule has 0 saturated carbocycles. The maximum Gasteiger partial charge on any atom is 0.124 e. The molecule has 2 rings (SSSR count). The maximum atomic E-state index is 5.60. The molecule has 0 aliphatic carbocycles. The zero-order valence-electron chi connectivity index (χ0n) is 10.2. The number of anilines is 1. The summed E-state index contributed by atoms with van der Waals surface area (Å²) in [6.07, 6.45) is 5.30. The van der Waals surface area contributed by atoms with Crippen LogP contribution in [0.5, 0.6) is 5.75 Å². The lowest BCUT2D eigenvalue weighted by molar-refractivity contribution is 0.359. The van der Waals surface area contributed by atoms with Crippen LogP contribution in [0.25, 0.3) is 0 Å². The van der Waals surface area contributed by atoms with Crippen molar-refractivity contribution in [2.75, 3.05) is 11.9 Å². The molecular formula is C15H16N2O. The predicted molar refractivity (Wildman–Crippen MR) is 73.7 cm³/mol. The summed E-state index contributed by atoms with van der Waals surface area (Å²) < 4.78 is 5.60. The van der Waals surface area contributed by atoms with Crippen LogP contribution in [-0.2, 0) is 6.54 Å². The molecule has 2 aromatic rings. The molecule has 92 valence electrons. The second-order valence-electron chi connectivity index (χ2n) is 3.80. The maximum absolute atomic E-state index is 5.60. The summed E-state index contributed by atoms with van der Waals surface area (Å²) in [5, 5.41) is 3.31. The van der Waals surface area contributed by atoms with E-state index in [4.69, 9.17) is 4.74 Å². The topological polar surface area (TPSA) is 34.1 Å². The summed E-state index contributed by atoms with van der Waals surface area (Å²) in [6.45, 7) is 4.88. The fourth-order valence-electron chi connectivity index (χ4n) is 1.60. The van der Waals surface area contributed by atoms with Crippen molar-refractivity contribution in [2.45, 2.75) is 6.54 Å². The molecule has 1 N–H and O–H groups in total. The molecule has 0 aliphatic heterocycles. The van der Waals surface area contributed by atoms with Gasteiger partial charge in [-0.2, -0.15) is 0 Å². The van der Waals surface area contributed by atoms with Crippen LogP contribution < -0.4 is 10.1 Å². The highest BCUT2D eigenvalue weighted by Crippen LogP contribution is 2.19. The van der Waals surface area contributed by atoms with Gasteiger partial charge in [-0.3, -0.25) is 4.98 Å². The first-order valence-electron chi connectivity index (χ1n) is 5.85. The Bertz CT molecular complexity index is 497. The van der Waals surface area contributed by atoms with Gasteiger partial charge in [0.2, 0.25) is 0 Å². The third kappa shape index (κ3) is 3.35. The number of nitrogens with zero attached hydrogens (tertiary/aromatic N) is 1. The summed E-state index contributed by atoms with van der Waals surface area (Å²) in [5.41, 5.74) is 2.11. The minimum atomic E-state index is 0.518. The summed E-state index contributed by atoms with van der Waals surface area (Å²) in [4.78, 5) is 4.06. The van der Waals surface area contributed by atoms with Crippen LogP contribution in [0.3, 0.4) is 0 Å². The molecule has 3 nitrogen and oxygen atoms in total. The largest absolute Gasteiger partial charge is 0.489 e. The molecule has 0 atom stereocenters. The summed E-state index contributed by atoms with van der Waals surface area (Å²) in [6, 6.07) is 11.9. The fraction of sp³-hybridized carbons (Fsp3) is 0.133. The Labute approximate surface area is 107 Å². The number of pyridine rings is 1. The number of hydrogen-bond donors (Lipinski definition) is 1. The van der Waals surface area contributed by atoms with Crippen LogP contribution in [0.15, 0.2) is 61.4 Å². The number of hydrogen-bond acceptors (Lipinski definition) is 3. The van der Waals surface area contributed by atoms with Crippen LogP contribution >= 0.6 is 0 Å². The van der Waals surface area contributed by atoms with E-state index in [2.05, 4.69) is 16.9 Å². The molecule has 0 fully saturated rings. The minimum absolute atomic E-state index is 0.518. The minimum Gasteiger partial charge on any atom is -0.489 e. The Morgan fingerprint density at radius 3 is 2.89 bits per heavy atom. The number of para-hydroxylation sites is 1.